The molecular weight excluding hydrogens is 166 g/mol. The van der Waals surface area contributed by atoms with Gasteiger partial charge in [-0.25, -0.2) is 5.10 Å². The summed E-state index contributed by atoms with van der Waals surface area (Å²) in [6.45, 7) is 4.23. The van der Waals surface area contributed by atoms with E-state index in [2.05, 4.69) is 29.4 Å². The Hall–Kier alpha value is -1.32. The molecule has 0 saturated carbocycles. The first-order valence-electron chi connectivity index (χ1n) is 4.57. The van der Waals surface area contributed by atoms with Crippen LogP contribution in [0.15, 0.2) is 17.1 Å². The average Bonchev–Trinajstić information content (AvgIpc) is 2.14. The van der Waals surface area contributed by atoms with Gasteiger partial charge in [0.15, 0.2) is 0 Å². The van der Waals surface area contributed by atoms with Gasteiger partial charge in [0.2, 0.25) is 0 Å². The molecular formula is C9H15N3O. The molecule has 1 aromatic rings. The molecule has 0 saturated heterocycles. The van der Waals surface area contributed by atoms with E-state index in [9.17, 15) is 4.79 Å². The highest BCUT2D eigenvalue weighted by Gasteiger charge is 2.02. The van der Waals surface area contributed by atoms with Crippen molar-refractivity contribution in [2.24, 2.45) is 0 Å². The number of hydrogen-bond acceptors (Lipinski definition) is 3. The summed E-state index contributed by atoms with van der Waals surface area (Å²) in [5.74, 6) is 0. The summed E-state index contributed by atoms with van der Waals surface area (Å²) >= 11 is 0. The molecule has 4 nitrogen and oxygen atoms in total. The van der Waals surface area contributed by atoms with E-state index in [1.807, 2.05) is 0 Å². The minimum atomic E-state index is -0.170. The van der Waals surface area contributed by atoms with Crippen LogP contribution in [-0.2, 0) is 0 Å². The normalized spacial score (nSPS) is 10.4. The molecule has 1 rings (SSSR count). The predicted octanol–water partition coefficient (Wildman–Crippen LogP) is 1.37. The monoisotopic (exact) mass is 181 g/mol. The summed E-state index contributed by atoms with van der Waals surface area (Å²) in [6.07, 6.45) is 3.71. The lowest BCUT2D eigenvalue weighted by Crippen LogP contribution is -2.19. The van der Waals surface area contributed by atoms with E-state index >= 15 is 0 Å². The number of H-pyrrole nitrogens is 1. The Bertz CT molecular complexity index is 304. The van der Waals surface area contributed by atoms with E-state index < -0.39 is 0 Å². The fourth-order valence-corrected chi connectivity index (χ4v) is 1.18. The van der Waals surface area contributed by atoms with Gasteiger partial charge in [0.25, 0.3) is 5.56 Å². The van der Waals surface area contributed by atoms with Crippen molar-refractivity contribution in [2.75, 3.05) is 5.32 Å². The zero-order valence-corrected chi connectivity index (χ0v) is 8.00. The SMILES string of the molecule is CCC(CC)Nc1cn[nH]c(=O)c1. The molecule has 0 aromatic carbocycles. The van der Waals surface area contributed by atoms with Gasteiger partial charge >= 0.3 is 0 Å². The summed E-state index contributed by atoms with van der Waals surface area (Å²) < 4.78 is 0. The van der Waals surface area contributed by atoms with Crippen molar-refractivity contribution in [3.63, 3.8) is 0 Å². The molecule has 2 N–H and O–H groups in total. The highest BCUT2D eigenvalue weighted by molar-refractivity contribution is 5.39. The number of rotatable bonds is 4. The average molecular weight is 181 g/mol. The number of aromatic nitrogens is 2. The first-order chi connectivity index (χ1) is 6.26. The van der Waals surface area contributed by atoms with Crippen LogP contribution in [0.25, 0.3) is 0 Å². The van der Waals surface area contributed by atoms with Crippen molar-refractivity contribution in [1.82, 2.24) is 10.2 Å². The van der Waals surface area contributed by atoms with Gasteiger partial charge < -0.3 is 5.32 Å². The minimum absolute atomic E-state index is 0.170. The van der Waals surface area contributed by atoms with Gasteiger partial charge in [-0.05, 0) is 12.8 Å². The highest BCUT2D eigenvalue weighted by Crippen LogP contribution is 2.06. The molecule has 0 fully saturated rings. The first-order valence-corrected chi connectivity index (χ1v) is 4.57. The van der Waals surface area contributed by atoms with Crippen LogP contribution in [0.1, 0.15) is 26.7 Å². The van der Waals surface area contributed by atoms with Crippen molar-refractivity contribution in [1.29, 1.82) is 0 Å². The fraction of sp³-hybridized carbons (Fsp3) is 0.556. The topological polar surface area (TPSA) is 57.8 Å². The molecule has 0 radical (unpaired) electrons. The molecule has 0 aliphatic carbocycles. The molecule has 0 spiro atoms. The Morgan fingerprint density at radius 3 is 2.77 bits per heavy atom. The van der Waals surface area contributed by atoms with Crippen molar-refractivity contribution in [3.05, 3.63) is 22.6 Å². The lowest BCUT2D eigenvalue weighted by atomic mass is 10.2. The maximum atomic E-state index is 10.9. The lowest BCUT2D eigenvalue weighted by molar-refractivity contribution is 0.670. The third kappa shape index (κ3) is 2.89. The number of nitrogens with zero attached hydrogens (tertiary/aromatic N) is 1. The molecule has 1 aromatic heterocycles. The molecule has 0 bridgehead atoms. The molecule has 72 valence electrons. The third-order valence-corrected chi connectivity index (χ3v) is 2.02. The van der Waals surface area contributed by atoms with Crippen LogP contribution in [0.3, 0.4) is 0 Å². The van der Waals surface area contributed by atoms with Gasteiger partial charge in [0.1, 0.15) is 0 Å². The standard InChI is InChI=1S/C9H15N3O/c1-3-7(4-2)11-8-5-9(13)12-10-6-8/h5-7H,3-4H2,1-2H3,(H2,11,12,13). The molecule has 13 heavy (non-hydrogen) atoms. The summed E-state index contributed by atoms with van der Waals surface area (Å²) in [5.41, 5.74) is 0.619. The smallest absolute Gasteiger partial charge is 0.266 e. The summed E-state index contributed by atoms with van der Waals surface area (Å²) in [5, 5.41) is 9.28. The Morgan fingerprint density at radius 1 is 1.54 bits per heavy atom. The van der Waals surface area contributed by atoms with E-state index in [0.717, 1.165) is 18.5 Å². The Balaban J connectivity index is 2.68. The molecule has 0 unspecified atom stereocenters. The van der Waals surface area contributed by atoms with Gasteiger partial charge in [-0.2, -0.15) is 5.10 Å². The van der Waals surface area contributed by atoms with Crippen LogP contribution >= 0.6 is 0 Å². The third-order valence-electron chi connectivity index (χ3n) is 2.02. The van der Waals surface area contributed by atoms with Crippen LogP contribution in [0, 0.1) is 0 Å². The van der Waals surface area contributed by atoms with E-state index in [1.165, 1.54) is 6.07 Å². The van der Waals surface area contributed by atoms with Crippen molar-refractivity contribution >= 4 is 5.69 Å². The second-order valence-electron chi connectivity index (χ2n) is 2.99. The maximum absolute atomic E-state index is 10.9. The Labute approximate surface area is 77.4 Å². The number of aromatic amines is 1. The zero-order chi connectivity index (χ0) is 9.68. The van der Waals surface area contributed by atoms with Crippen LogP contribution in [-0.4, -0.2) is 16.2 Å². The minimum Gasteiger partial charge on any atom is -0.381 e. The van der Waals surface area contributed by atoms with Gasteiger partial charge in [-0.3, -0.25) is 4.79 Å². The van der Waals surface area contributed by atoms with Gasteiger partial charge in [-0.1, -0.05) is 13.8 Å². The molecule has 0 amide bonds. The summed E-state index contributed by atoms with van der Waals surface area (Å²) in [4.78, 5) is 10.9. The van der Waals surface area contributed by atoms with Crippen molar-refractivity contribution in [3.8, 4) is 0 Å². The number of hydrogen-bond donors (Lipinski definition) is 2. The molecule has 4 heteroatoms. The molecule has 0 atom stereocenters. The lowest BCUT2D eigenvalue weighted by Gasteiger charge is -2.14. The van der Waals surface area contributed by atoms with Crippen LogP contribution < -0.4 is 10.9 Å². The van der Waals surface area contributed by atoms with Gasteiger partial charge in [0, 0.05) is 12.1 Å². The second kappa shape index (κ2) is 4.64. The summed E-state index contributed by atoms with van der Waals surface area (Å²) in [7, 11) is 0. The largest absolute Gasteiger partial charge is 0.381 e. The fourth-order valence-electron chi connectivity index (χ4n) is 1.18. The quantitative estimate of drug-likeness (QED) is 0.737. The maximum Gasteiger partial charge on any atom is 0.266 e. The number of nitrogens with one attached hydrogen (secondary N) is 2. The van der Waals surface area contributed by atoms with Crippen LogP contribution in [0.2, 0.25) is 0 Å². The van der Waals surface area contributed by atoms with Crippen LogP contribution in [0.5, 0.6) is 0 Å². The Morgan fingerprint density at radius 2 is 2.23 bits per heavy atom. The predicted molar refractivity (Wildman–Crippen MR) is 52.9 cm³/mol. The molecule has 1 heterocycles. The van der Waals surface area contributed by atoms with E-state index in [-0.39, 0.29) is 5.56 Å². The van der Waals surface area contributed by atoms with Crippen molar-refractivity contribution in [2.45, 2.75) is 32.7 Å². The molecule has 0 aliphatic heterocycles. The Kier molecular flexibility index (Phi) is 3.49. The van der Waals surface area contributed by atoms with Crippen LogP contribution in [0.4, 0.5) is 5.69 Å². The van der Waals surface area contributed by atoms with E-state index in [0.29, 0.717) is 6.04 Å². The number of anilines is 1. The van der Waals surface area contributed by atoms with Gasteiger partial charge in [0.05, 0.1) is 11.9 Å². The van der Waals surface area contributed by atoms with E-state index in [4.69, 9.17) is 0 Å². The summed E-state index contributed by atoms with van der Waals surface area (Å²) in [6, 6.07) is 1.94. The van der Waals surface area contributed by atoms with Gasteiger partial charge in [-0.15, -0.1) is 0 Å². The van der Waals surface area contributed by atoms with Crippen molar-refractivity contribution < 1.29 is 0 Å². The molecule has 0 aliphatic rings. The zero-order valence-electron chi connectivity index (χ0n) is 8.00. The second-order valence-corrected chi connectivity index (χ2v) is 2.99. The highest BCUT2D eigenvalue weighted by atomic mass is 16.1. The van der Waals surface area contributed by atoms with E-state index in [1.54, 1.807) is 6.20 Å². The first kappa shape index (κ1) is 9.77.